The Balaban J connectivity index is 2.64. The van der Waals surface area contributed by atoms with Gasteiger partial charge in [-0.1, -0.05) is 12.1 Å². The summed E-state index contributed by atoms with van der Waals surface area (Å²) in [5.74, 6) is -0.372. The number of rotatable bonds is 2. The van der Waals surface area contributed by atoms with Crippen molar-refractivity contribution >= 4 is 24.6 Å². The molecule has 0 unspecified atom stereocenters. The van der Waals surface area contributed by atoms with Crippen molar-refractivity contribution in [1.82, 2.24) is 0 Å². The summed E-state index contributed by atoms with van der Waals surface area (Å²) >= 11 is 3.39. The second-order valence-electron chi connectivity index (χ2n) is 2.38. The molecule has 3 nitrogen and oxygen atoms in total. The van der Waals surface area contributed by atoms with E-state index in [1.165, 1.54) is 0 Å². The molecule has 0 bridgehead atoms. The minimum Gasteiger partial charge on any atom is -0.399 e. The number of benzene rings is 1. The number of hydrogen-bond acceptors (Lipinski definition) is 4. The van der Waals surface area contributed by atoms with Crippen LogP contribution in [0, 0.1) is 0 Å². The van der Waals surface area contributed by atoms with Gasteiger partial charge in [-0.25, -0.2) is 0 Å². The fourth-order valence-corrected chi connectivity index (χ4v) is 0.899. The van der Waals surface area contributed by atoms with Crippen LogP contribution in [0.4, 0.5) is 5.69 Å². The Morgan fingerprint density at radius 3 is 2.50 bits per heavy atom. The van der Waals surface area contributed by atoms with Gasteiger partial charge in [-0.2, -0.15) is 0 Å². The predicted octanol–water partition coefficient (Wildman–Crippen LogP) is 1.20. The maximum atomic E-state index is 10.7. The molecule has 1 aromatic carbocycles. The summed E-state index contributed by atoms with van der Waals surface area (Å²) in [5, 5.41) is 0. The Labute approximate surface area is 76.1 Å². The van der Waals surface area contributed by atoms with Crippen LogP contribution in [0.2, 0.25) is 0 Å². The molecule has 12 heavy (non-hydrogen) atoms. The molecule has 0 amide bonds. The van der Waals surface area contributed by atoms with Crippen LogP contribution in [-0.4, -0.2) is 5.97 Å². The number of carbonyl (C=O) groups is 1. The number of nitrogens with two attached hydrogens (primary N) is 1. The number of nitrogen functional groups attached to an aromatic ring is 1. The zero-order valence-corrected chi connectivity index (χ0v) is 7.25. The third kappa shape index (κ3) is 2.47. The van der Waals surface area contributed by atoms with Crippen LogP contribution in [0.25, 0.3) is 0 Å². The summed E-state index contributed by atoms with van der Waals surface area (Å²) in [6, 6.07) is 7.03. The zero-order valence-electron chi connectivity index (χ0n) is 6.36. The normalized spacial score (nSPS) is 9.42. The van der Waals surface area contributed by atoms with Gasteiger partial charge in [0, 0.05) is 18.6 Å². The first kappa shape index (κ1) is 8.93. The van der Waals surface area contributed by atoms with E-state index < -0.39 is 0 Å². The molecule has 0 aromatic heterocycles. The maximum absolute atomic E-state index is 10.7. The molecule has 0 aliphatic rings. The fourth-order valence-electron chi connectivity index (χ4n) is 0.834. The molecule has 1 rings (SSSR count). The molecule has 64 valence electrons. The minimum atomic E-state index is -0.372. The van der Waals surface area contributed by atoms with Gasteiger partial charge in [0.2, 0.25) is 0 Å². The first-order valence-electron chi connectivity index (χ1n) is 3.41. The average molecular weight is 183 g/mol. The van der Waals surface area contributed by atoms with E-state index in [0.717, 1.165) is 5.56 Å². The number of hydrogen-bond donors (Lipinski definition) is 2. The smallest absolute Gasteiger partial charge is 0.322 e. The summed E-state index contributed by atoms with van der Waals surface area (Å²) in [5.41, 5.74) is 7.00. The van der Waals surface area contributed by atoms with Crippen LogP contribution >= 0.6 is 12.9 Å². The largest absolute Gasteiger partial charge is 0.399 e. The van der Waals surface area contributed by atoms with Crippen molar-refractivity contribution < 1.29 is 8.98 Å². The lowest BCUT2D eigenvalue weighted by Gasteiger charge is -1.98. The lowest BCUT2D eigenvalue weighted by molar-refractivity contribution is -0.132. The summed E-state index contributed by atoms with van der Waals surface area (Å²) in [6.45, 7) is 0. The van der Waals surface area contributed by atoms with Gasteiger partial charge in [-0.05, 0) is 17.7 Å². The number of thiol groups is 1. The molecule has 4 heteroatoms. The molecule has 0 fully saturated rings. The van der Waals surface area contributed by atoms with Gasteiger partial charge in [0.15, 0.2) is 0 Å². The fraction of sp³-hybridized carbons (Fsp3) is 0.125. The van der Waals surface area contributed by atoms with Crippen LogP contribution < -0.4 is 5.73 Å². The van der Waals surface area contributed by atoms with Gasteiger partial charge in [0.25, 0.3) is 0 Å². The van der Waals surface area contributed by atoms with Gasteiger partial charge in [0.05, 0.1) is 6.42 Å². The molecule has 0 aliphatic heterocycles. The Bertz CT molecular complexity index is 271. The Morgan fingerprint density at radius 2 is 2.00 bits per heavy atom. The Hall–Kier alpha value is -1.16. The summed E-state index contributed by atoms with van der Waals surface area (Å²) in [7, 11) is 0. The Morgan fingerprint density at radius 1 is 1.42 bits per heavy atom. The van der Waals surface area contributed by atoms with Gasteiger partial charge in [-0.3, -0.25) is 4.79 Å². The molecule has 0 radical (unpaired) electrons. The van der Waals surface area contributed by atoms with E-state index in [1.807, 2.05) is 0 Å². The number of carbonyl (C=O) groups excluding carboxylic acids is 1. The maximum Gasteiger partial charge on any atom is 0.322 e. The highest BCUT2D eigenvalue weighted by atomic mass is 32.1. The van der Waals surface area contributed by atoms with Crippen molar-refractivity contribution in [2.24, 2.45) is 0 Å². The van der Waals surface area contributed by atoms with Crippen LogP contribution in [0.3, 0.4) is 0 Å². The highest BCUT2D eigenvalue weighted by Gasteiger charge is 2.01. The standard InChI is InChI=1S/C8H9NO2S/c9-7-3-1-6(2-4-7)5-8(10)11-12/h1-4,12H,5,9H2. The topological polar surface area (TPSA) is 52.3 Å². The van der Waals surface area contributed by atoms with Crippen LogP contribution in [-0.2, 0) is 15.4 Å². The van der Waals surface area contributed by atoms with Crippen molar-refractivity contribution in [3.63, 3.8) is 0 Å². The Kier molecular flexibility index (Phi) is 2.99. The zero-order chi connectivity index (χ0) is 8.97. The first-order chi connectivity index (χ1) is 5.72. The van der Waals surface area contributed by atoms with E-state index in [1.54, 1.807) is 24.3 Å². The monoisotopic (exact) mass is 183 g/mol. The van der Waals surface area contributed by atoms with Gasteiger partial charge in [0.1, 0.15) is 0 Å². The van der Waals surface area contributed by atoms with Crippen molar-refractivity contribution in [3.05, 3.63) is 29.8 Å². The average Bonchev–Trinajstić information content (AvgIpc) is 2.09. The van der Waals surface area contributed by atoms with E-state index in [2.05, 4.69) is 17.1 Å². The molecule has 0 heterocycles. The van der Waals surface area contributed by atoms with E-state index in [4.69, 9.17) is 5.73 Å². The van der Waals surface area contributed by atoms with Gasteiger partial charge < -0.3 is 9.92 Å². The quantitative estimate of drug-likeness (QED) is 0.411. The third-order valence-electron chi connectivity index (χ3n) is 1.43. The van der Waals surface area contributed by atoms with Crippen molar-refractivity contribution in [2.75, 3.05) is 5.73 Å². The van der Waals surface area contributed by atoms with Crippen molar-refractivity contribution in [3.8, 4) is 0 Å². The lowest BCUT2D eigenvalue weighted by atomic mass is 10.1. The minimum absolute atomic E-state index is 0.226. The van der Waals surface area contributed by atoms with E-state index >= 15 is 0 Å². The molecular weight excluding hydrogens is 174 g/mol. The molecule has 0 atom stereocenters. The third-order valence-corrected chi connectivity index (χ3v) is 1.63. The molecular formula is C8H9NO2S. The molecule has 0 saturated carbocycles. The molecule has 0 saturated heterocycles. The highest BCUT2D eigenvalue weighted by molar-refractivity contribution is 7.75. The van der Waals surface area contributed by atoms with E-state index in [0.29, 0.717) is 5.69 Å². The van der Waals surface area contributed by atoms with Crippen LogP contribution in [0.5, 0.6) is 0 Å². The predicted molar refractivity (Wildman–Crippen MR) is 49.6 cm³/mol. The molecule has 0 spiro atoms. The van der Waals surface area contributed by atoms with Crippen molar-refractivity contribution in [1.29, 1.82) is 0 Å². The second kappa shape index (κ2) is 4.01. The highest BCUT2D eigenvalue weighted by Crippen LogP contribution is 2.06. The van der Waals surface area contributed by atoms with Gasteiger partial charge >= 0.3 is 5.97 Å². The summed E-state index contributed by atoms with van der Waals surface area (Å²) < 4.78 is 4.21. The van der Waals surface area contributed by atoms with Crippen molar-refractivity contribution in [2.45, 2.75) is 6.42 Å². The van der Waals surface area contributed by atoms with Crippen LogP contribution in [0.1, 0.15) is 5.56 Å². The number of anilines is 1. The first-order valence-corrected chi connectivity index (χ1v) is 3.77. The second-order valence-corrected chi connectivity index (χ2v) is 2.56. The summed E-state index contributed by atoms with van der Waals surface area (Å²) in [6.07, 6.45) is 0.226. The summed E-state index contributed by atoms with van der Waals surface area (Å²) in [4.78, 5) is 10.7. The molecule has 0 aliphatic carbocycles. The van der Waals surface area contributed by atoms with Crippen LogP contribution in [0.15, 0.2) is 24.3 Å². The molecule has 1 aromatic rings. The lowest BCUT2D eigenvalue weighted by Crippen LogP contribution is -2.01. The molecule has 2 N–H and O–H groups in total. The van der Waals surface area contributed by atoms with E-state index in [9.17, 15) is 4.79 Å². The van der Waals surface area contributed by atoms with Gasteiger partial charge in [-0.15, -0.1) is 0 Å². The SMILES string of the molecule is Nc1ccc(CC(=O)OS)cc1. The van der Waals surface area contributed by atoms with E-state index in [-0.39, 0.29) is 12.4 Å².